The first-order valence-corrected chi connectivity index (χ1v) is 6.60. The standard InChI is InChI=1S/C13H15ClN4O3/c1-4-15-12-16-11(14)17-13(18-12)21-10-8(19-2)6-5-7-9(10)20-3/h5-7H,4H2,1-3H3,(H,15,16,17,18). The van der Waals surface area contributed by atoms with Crippen LogP contribution in [-0.4, -0.2) is 35.7 Å². The average Bonchev–Trinajstić information content (AvgIpc) is 2.47. The molecule has 1 aromatic carbocycles. The first kappa shape index (κ1) is 15.1. The predicted octanol–water partition coefficient (Wildman–Crippen LogP) is 2.77. The molecule has 112 valence electrons. The number of anilines is 1. The van der Waals surface area contributed by atoms with Gasteiger partial charge in [0.25, 0.3) is 0 Å². The zero-order valence-corrected chi connectivity index (χ0v) is 12.6. The van der Waals surface area contributed by atoms with Gasteiger partial charge in [0.15, 0.2) is 11.5 Å². The summed E-state index contributed by atoms with van der Waals surface area (Å²) in [6.45, 7) is 2.57. The maximum atomic E-state index is 5.85. The minimum Gasteiger partial charge on any atom is -0.493 e. The topological polar surface area (TPSA) is 78.4 Å². The summed E-state index contributed by atoms with van der Waals surface area (Å²) in [6.07, 6.45) is 0. The molecule has 8 heteroatoms. The first-order valence-electron chi connectivity index (χ1n) is 6.22. The first-order chi connectivity index (χ1) is 10.2. The number of benzene rings is 1. The molecule has 0 aliphatic rings. The van der Waals surface area contributed by atoms with E-state index < -0.39 is 0 Å². The molecule has 1 aromatic heterocycles. The lowest BCUT2D eigenvalue weighted by molar-refractivity contribution is 0.336. The lowest BCUT2D eigenvalue weighted by Crippen LogP contribution is -2.05. The second kappa shape index (κ2) is 6.94. The molecule has 21 heavy (non-hydrogen) atoms. The maximum Gasteiger partial charge on any atom is 0.328 e. The summed E-state index contributed by atoms with van der Waals surface area (Å²) < 4.78 is 16.1. The number of ether oxygens (including phenoxy) is 3. The van der Waals surface area contributed by atoms with Crippen LogP contribution in [0, 0.1) is 0 Å². The van der Waals surface area contributed by atoms with E-state index in [-0.39, 0.29) is 11.3 Å². The van der Waals surface area contributed by atoms with Crippen LogP contribution in [0.25, 0.3) is 0 Å². The van der Waals surface area contributed by atoms with E-state index in [1.165, 1.54) is 14.2 Å². The highest BCUT2D eigenvalue weighted by atomic mass is 35.5. The number of methoxy groups -OCH3 is 2. The normalized spacial score (nSPS) is 10.1. The van der Waals surface area contributed by atoms with E-state index in [2.05, 4.69) is 20.3 Å². The molecule has 2 aromatic rings. The fraction of sp³-hybridized carbons (Fsp3) is 0.308. The van der Waals surface area contributed by atoms with Crippen LogP contribution in [0.3, 0.4) is 0 Å². The Bertz CT molecular complexity index is 602. The van der Waals surface area contributed by atoms with Crippen molar-refractivity contribution in [3.8, 4) is 23.3 Å². The second-order valence-electron chi connectivity index (χ2n) is 3.83. The Kier molecular flexibility index (Phi) is 4.99. The summed E-state index contributed by atoms with van der Waals surface area (Å²) in [6, 6.07) is 5.32. The molecule has 0 aliphatic heterocycles. The minimum absolute atomic E-state index is 0.0322. The van der Waals surface area contributed by atoms with Gasteiger partial charge in [0.2, 0.25) is 17.0 Å². The number of hydrogen-bond donors (Lipinski definition) is 1. The van der Waals surface area contributed by atoms with Gasteiger partial charge < -0.3 is 19.5 Å². The van der Waals surface area contributed by atoms with Crippen LogP contribution < -0.4 is 19.5 Å². The highest BCUT2D eigenvalue weighted by Crippen LogP contribution is 2.39. The van der Waals surface area contributed by atoms with Gasteiger partial charge in [-0.3, -0.25) is 0 Å². The van der Waals surface area contributed by atoms with Gasteiger partial charge in [-0.25, -0.2) is 0 Å². The van der Waals surface area contributed by atoms with Gasteiger partial charge in [-0.05, 0) is 30.7 Å². The van der Waals surface area contributed by atoms with Crippen LogP contribution in [0.4, 0.5) is 5.95 Å². The molecule has 1 heterocycles. The van der Waals surface area contributed by atoms with Crippen LogP contribution in [0.1, 0.15) is 6.92 Å². The molecule has 0 amide bonds. The fourth-order valence-corrected chi connectivity index (χ4v) is 1.78. The summed E-state index contributed by atoms with van der Waals surface area (Å²) >= 11 is 5.85. The van der Waals surface area contributed by atoms with E-state index in [0.29, 0.717) is 29.7 Å². The number of para-hydroxylation sites is 1. The Labute approximate surface area is 127 Å². The molecule has 0 unspecified atom stereocenters. The van der Waals surface area contributed by atoms with Gasteiger partial charge >= 0.3 is 6.01 Å². The zero-order chi connectivity index (χ0) is 15.2. The molecule has 0 saturated heterocycles. The van der Waals surface area contributed by atoms with Crippen molar-refractivity contribution in [3.05, 3.63) is 23.5 Å². The van der Waals surface area contributed by atoms with Crippen LogP contribution in [0.15, 0.2) is 18.2 Å². The minimum atomic E-state index is 0.0322. The molecular weight excluding hydrogens is 296 g/mol. The number of hydrogen-bond acceptors (Lipinski definition) is 7. The van der Waals surface area contributed by atoms with E-state index in [0.717, 1.165) is 0 Å². The fourth-order valence-electron chi connectivity index (χ4n) is 1.62. The number of halogens is 1. The van der Waals surface area contributed by atoms with E-state index in [9.17, 15) is 0 Å². The van der Waals surface area contributed by atoms with Gasteiger partial charge in [0.1, 0.15) is 0 Å². The molecule has 0 spiro atoms. The van der Waals surface area contributed by atoms with Crippen molar-refractivity contribution in [2.24, 2.45) is 0 Å². The van der Waals surface area contributed by atoms with Crippen molar-refractivity contribution in [2.45, 2.75) is 6.92 Å². The smallest absolute Gasteiger partial charge is 0.328 e. The molecule has 0 bridgehead atoms. The number of rotatable bonds is 6. The predicted molar refractivity (Wildman–Crippen MR) is 78.6 cm³/mol. The quantitative estimate of drug-likeness (QED) is 0.878. The summed E-state index contributed by atoms with van der Waals surface area (Å²) in [5, 5.41) is 2.97. The Morgan fingerprint density at radius 2 is 1.76 bits per heavy atom. The van der Waals surface area contributed by atoms with Gasteiger partial charge in [0, 0.05) is 6.54 Å². The third-order valence-corrected chi connectivity index (χ3v) is 2.67. The zero-order valence-electron chi connectivity index (χ0n) is 11.9. The van der Waals surface area contributed by atoms with Crippen LogP contribution in [0.5, 0.6) is 23.3 Å². The Balaban J connectivity index is 2.37. The number of nitrogens with one attached hydrogen (secondary N) is 1. The summed E-state index contributed by atoms with van der Waals surface area (Å²) in [4.78, 5) is 12.0. The van der Waals surface area contributed by atoms with E-state index in [1.54, 1.807) is 18.2 Å². The van der Waals surface area contributed by atoms with Crippen molar-refractivity contribution in [1.82, 2.24) is 15.0 Å². The molecule has 0 saturated carbocycles. The molecule has 0 radical (unpaired) electrons. The highest BCUT2D eigenvalue weighted by molar-refractivity contribution is 6.28. The SMILES string of the molecule is CCNc1nc(Cl)nc(Oc2c(OC)cccc2OC)n1. The van der Waals surface area contributed by atoms with Gasteiger partial charge in [0.05, 0.1) is 14.2 Å². The van der Waals surface area contributed by atoms with Gasteiger partial charge in [-0.1, -0.05) is 6.07 Å². The Morgan fingerprint density at radius 1 is 1.10 bits per heavy atom. The molecule has 1 N–H and O–H groups in total. The molecule has 2 rings (SSSR count). The van der Waals surface area contributed by atoms with Crippen LogP contribution in [-0.2, 0) is 0 Å². The third-order valence-electron chi connectivity index (χ3n) is 2.50. The molecule has 0 fully saturated rings. The molecule has 0 aliphatic carbocycles. The maximum absolute atomic E-state index is 5.85. The van der Waals surface area contributed by atoms with Crippen molar-refractivity contribution in [3.63, 3.8) is 0 Å². The van der Waals surface area contributed by atoms with Gasteiger partial charge in [-0.2, -0.15) is 15.0 Å². The average molecular weight is 311 g/mol. The van der Waals surface area contributed by atoms with Crippen LogP contribution >= 0.6 is 11.6 Å². The van der Waals surface area contributed by atoms with E-state index in [1.807, 2.05) is 6.92 Å². The lowest BCUT2D eigenvalue weighted by Gasteiger charge is -2.13. The summed E-state index contributed by atoms with van der Waals surface area (Å²) in [7, 11) is 3.07. The second-order valence-corrected chi connectivity index (χ2v) is 4.17. The van der Waals surface area contributed by atoms with E-state index in [4.69, 9.17) is 25.8 Å². The molecular formula is C13H15ClN4O3. The van der Waals surface area contributed by atoms with Crippen molar-refractivity contribution in [1.29, 1.82) is 0 Å². The van der Waals surface area contributed by atoms with Crippen LogP contribution in [0.2, 0.25) is 5.28 Å². The van der Waals surface area contributed by atoms with Gasteiger partial charge in [-0.15, -0.1) is 0 Å². The summed E-state index contributed by atoms with van der Waals surface area (Å²) in [5.74, 6) is 1.69. The number of aromatic nitrogens is 3. The Morgan fingerprint density at radius 3 is 2.33 bits per heavy atom. The lowest BCUT2D eigenvalue weighted by atomic mass is 10.3. The Hall–Kier alpha value is -2.28. The monoisotopic (exact) mass is 310 g/mol. The van der Waals surface area contributed by atoms with Crippen molar-refractivity contribution >= 4 is 17.5 Å². The largest absolute Gasteiger partial charge is 0.493 e. The highest BCUT2D eigenvalue weighted by Gasteiger charge is 2.15. The molecule has 0 atom stereocenters. The number of nitrogens with zero attached hydrogens (tertiary/aromatic N) is 3. The molecule has 7 nitrogen and oxygen atoms in total. The van der Waals surface area contributed by atoms with Crippen molar-refractivity contribution < 1.29 is 14.2 Å². The van der Waals surface area contributed by atoms with E-state index >= 15 is 0 Å². The summed E-state index contributed by atoms with van der Waals surface area (Å²) in [5.41, 5.74) is 0. The van der Waals surface area contributed by atoms with Crippen molar-refractivity contribution in [2.75, 3.05) is 26.1 Å². The third kappa shape index (κ3) is 3.63.